The second-order valence-electron chi connectivity index (χ2n) is 3.96. The average Bonchev–Trinajstić information content (AvgIpc) is 2.12. The summed E-state index contributed by atoms with van der Waals surface area (Å²) < 4.78 is 5.28. The van der Waals surface area contributed by atoms with Crippen LogP contribution in [0.2, 0.25) is 0 Å². The number of rotatable bonds is 7. The highest BCUT2D eigenvalue weighted by molar-refractivity contribution is 4.71. The van der Waals surface area contributed by atoms with Crippen molar-refractivity contribution >= 4 is 0 Å². The third-order valence-electron chi connectivity index (χ3n) is 2.43. The number of aliphatic hydroxyl groups is 1. The molecule has 0 saturated heterocycles. The van der Waals surface area contributed by atoms with E-state index >= 15 is 0 Å². The van der Waals surface area contributed by atoms with Gasteiger partial charge >= 0.3 is 0 Å². The van der Waals surface area contributed by atoms with Crippen molar-refractivity contribution in [1.29, 1.82) is 0 Å². The van der Waals surface area contributed by atoms with E-state index < -0.39 is 0 Å². The van der Waals surface area contributed by atoms with Crippen LogP contribution in [0.1, 0.15) is 33.6 Å². The van der Waals surface area contributed by atoms with E-state index in [1.54, 1.807) is 7.11 Å². The van der Waals surface area contributed by atoms with Gasteiger partial charge in [0.25, 0.3) is 0 Å². The first-order valence-electron chi connectivity index (χ1n) is 4.95. The third-order valence-corrected chi connectivity index (χ3v) is 2.43. The van der Waals surface area contributed by atoms with E-state index in [9.17, 15) is 0 Å². The van der Waals surface area contributed by atoms with E-state index in [0.717, 1.165) is 19.4 Å². The highest BCUT2D eigenvalue weighted by atomic mass is 16.5. The van der Waals surface area contributed by atoms with Crippen LogP contribution in [0.5, 0.6) is 0 Å². The normalized spacial score (nSPS) is 14.5. The zero-order valence-electron chi connectivity index (χ0n) is 9.26. The molecule has 0 aliphatic heterocycles. The van der Waals surface area contributed by atoms with Gasteiger partial charge in [0.15, 0.2) is 0 Å². The summed E-state index contributed by atoms with van der Waals surface area (Å²) in [5.41, 5.74) is -0.0687. The summed E-state index contributed by atoms with van der Waals surface area (Å²) in [5, 5.41) is 12.2. The molecule has 0 aromatic heterocycles. The summed E-state index contributed by atoms with van der Waals surface area (Å²) in [5.74, 6) is 0. The van der Waals surface area contributed by atoms with Crippen molar-refractivity contribution in [1.82, 2.24) is 5.32 Å². The lowest BCUT2D eigenvalue weighted by Crippen LogP contribution is -2.36. The van der Waals surface area contributed by atoms with Gasteiger partial charge in [-0.25, -0.2) is 0 Å². The summed E-state index contributed by atoms with van der Waals surface area (Å²) in [4.78, 5) is 0. The van der Waals surface area contributed by atoms with Crippen LogP contribution in [0.25, 0.3) is 0 Å². The summed E-state index contributed by atoms with van der Waals surface area (Å²) in [6.07, 6.45) is 1.92. The largest absolute Gasteiger partial charge is 0.395 e. The molecule has 3 heteroatoms. The van der Waals surface area contributed by atoms with E-state index in [1.807, 2.05) is 0 Å². The Morgan fingerprint density at radius 1 is 1.46 bits per heavy atom. The highest BCUT2D eigenvalue weighted by Gasteiger charge is 2.15. The molecule has 0 rings (SSSR count). The molecule has 0 aliphatic carbocycles. The number of ether oxygens (including phenoxy) is 1. The first kappa shape index (κ1) is 12.9. The fourth-order valence-electron chi connectivity index (χ4n) is 1.02. The van der Waals surface area contributed by atoms with Crippen molar-refractivity contribution in [3.8, 4) is 0 Å². The van der Waals surface area contributed by atoms with Crippen molar-refractivity contribution in [2.45, 2.75) is 45.3 Å². The molecule has 1 atom stereocenters. The second kappa shape index (κ2) is 6.35. The Balaban J connectivity index is 3.54. The predicted molar refractivity (Wildman–Crippen MR) is 54.9 cm³/mol. The van der Waals surface area contributed by atoms with Crippen LogP contribution in [-0.4, -0.2) is 37.0 Å². The van der Waals surface area contributed by atoms with Crippen molar-refractivity contribution in [3.05, 3.63) is 0 Å². The molecular weight excluding hydrogens is 166 g/mol. The Morgan fingerprint density at radius 2 is 2.08 bits per heavy atom. The first-order valence-corrected chi connectivity index (χ1v) is 4.95. The molecule has 0 radical (unpaired) electrons. The van der Waals surface area contributed by atoms with E-state index in [2.05, 4.69) is 26.1 Å². The summed E-state index contributed by atoms with van der Waals surface area (Å²) >= 11 is 0. The zero-order chi connectivity index (χ0) is 10.3. The van der Waals surface area contributed by atoms with Crippen LogP contribution in [0, 0.1) is 0 Å². The number of nitrogens with one attached hydrogen (secondary N) is 1. The molecule has 0 heterocycles. The van der Waals surface area contributed by atoms with Crippen molar-refractivity contribution < 1.29 is 9.84 Å². The Bertz CT molecular complexity index is 122. The molecule has 0 amide bonds. The van der Waals surface area contributed by atoms with Crippen molar-refractivity contribution in [2.24, 2.45) is 0 Å². The maximum absolute atomic E-state index is 8.92. The van der Waals surface area contributed by atoms with Gasteiger partial charge in [-0.1, -0.05) is 6.92 Å². The molecule has 0 unspecified atom stereocenters. The fourth-order valence-corrected chi connectivity index (χ4v) is 1.02. The van der Waals surface area contributed by atoms with Crippen molar-refractivity contribution in [3.63, 3.8) is 0 Å². The van der Waals surface area contributed by atoms with Crippen LogP contribution >= 0.6 is 0 Å². The smallest absolute Gasteiger partial charge is 0.0634 e. The highest BCUT2D eigenvalue weighted by Crippen LogP contribution is 2.11. The molecule has 2 N–H and O–H groups in total. The van der Waals surface area contributed by atoms with E-state index in [1.165, 1.54) is 0 Å². The monoisotopic (exact) mass is 189 g/mol. The van der Waals surface area contributed by atoms with Gasteiger partial charge in [-0.15, -0.1) is 0 Å². The molecule has 0 aromatic carbocycles. The van der Waals surface area contributed by atoms with Crippen LogP contribution in [-0.2, 0) is 4.74 Å². The molecule has 0 saturated carbocycles. The molecule has 0 fully saturated rings. The lowest BCUT2D eigenvalue weighted by molar-refractivity contribution is 0.0149. The fraction of sp³-hybridized carbons (Fsp3) is 1.00. The average molecular weight is 189 g/mol. The minimum absolute atomic E-state index is 0.0687. The van der Waals surface area contributed by atoms with Crippen molar-refractivity contribution in [2.75, 3.05) is 20.3 Å². The SMILES string of the molecule is CC[C@@H](CO)NCCC(C)(C)OC. The Labute approximate surface area is 81.5 Å². The van der Waals surface area contributed by atoms with Crippen LogP contribution in [0.4, 0.5) is 0 Å². The topological polar surface area (TPSA) is 41.5 Å². The quantitative estimate of drug-likeness (QED) is 0.631. The molecule has 0 aromatic rings. The number of hydrogen-bond donors (Lipinski definition) is 2. The van der Waals surface area contributed by atoms with Gasteiger partial charge < -0.3 is 15.2 Å². The maximum atomic E-state index is 8.92. The lowest BCUT2D eigenvalue weighted by Gasteiger charge is -2.24. The van der Waals surface area contributed by atoms with Crippen LogP contribution in [0.15, 0.2) is 0 Å². The summed E-state index contributed by atoms with van der Waals surface area (Å²) in [6, 6.07) is 0.229. The molecule has 0 spiro atoms. The Hall–Kier alpha value is -0.120. The number of hydrogen-bond acceptors (Lipinski definition) is 3. The lowest BCUT2D eigenvalue weighted by atomic mass is 10.1. The minimum atomic E-state index is -0.0687. The van der Waals surface area contributed by atoms with Gasteiger partial charge in [-0.05, 0) is 33.2 Å². The number of methoxy groups -OCH3 is 1. The minimum Gasteiger partial charge on any atom is -0.395 e. The summed E-state index contributed by atoms with van der Waals surface area (Å²) in [6.45, 7) is 7.29. The van der Waals surface area contributed by atoms with Gasteiger partial charge in [0, 0.05) is 13.2 Å². The summed E-state index contributed by atoms with van der Waals surface area (Å²) in [7, 11) is 1.73. The first-order chi connectivity index (χ1) is 6.05. The van der Waals surface area contributed by atoms with E-state index in [-0.39, 0.29) is 18.2 Å². The van der Waals surface area contributed by atoms with Gasteiger partial charge in [0.2, 0.25) is 0 Å². The Kier molecular flexibility index (Phi) is 6.29. The van der Waals surface area contributed by atoms with Crippen LogP contribution < -0.4 is 5.32 Å². The maximum Gasteiger partial charge on any atom is 0.0634 e. The van der Waals surface area contributed by atoms with E-state index in [4.69, 9.17) is 9.84 Å². The molecule has 13 heavy (non-hydrogen) atoms. The second-order valence-corrected chi connectivity index (χ2v) is 3.96. The van der Waals surface area contributed by atoms with Gasteiger partial charge in [0.05, 0.1) is 12.2 Å². The van der Waals surface area contributed by atoms with Gasteiger partial charge in [-0.2, -0.15) is 0 Å². The predicted octanol–water partition coefficient (Wildman–Crippen LogP) is 1.16. The third kappa shape index (κ3) is 6.02. The van der Waals surface area contributed by atoms with Gasteiger partial charge in [-0.3, -0.25) is 0 Å². The van der Waals surface area contributed by atoms with Gasteiger partial charge in [0.1, 0.15) is 0 Å². The zero-order valence-corrected chi connectivity index (χ0v) is 9.26. The molecule has 0 bridgehead atoms. The Morgan fingerprint density at radius 3 is 2.46 bits per heavy atom. The van der Waals surface area contributed by atoms with E-state index in [0.29, 0.717) is 0 Å². The molecule has 0 aliphatic rings. The standard InChI is InChI=1S/C10H23NO2/c1-5-9(8-12)11-7-6-10(2,3)13-4/h9,11-12H,5-8H2,1-4H3/t9-/m0/s1. The molecular formula is C10H23NO2. The van der Waals surface area contributed by atoms with Crippen LogP contribution in [0.3, 0.4) is 0 Å². The number of aliphatic hydroxyl groups excluding tert-OH is 1. The molecule has 3 nitrogen and oxygen atoms in total. The molecule has 80 valence electrons.